The molecule has 0 saturated heterocycles. The van der Waals surface area contributed by atoms with Crippen molar-refractivity contribution in [2.75, 3.05) is 0 Å². The van der Waals surface area contributed by atoms with E-state index in [1.54, 1.807) is 13.0 Å². The summed E-state index contributed by atoms with van der Waals surface area (Å²) in [7, 11) is 0. The van der Waals surface area contributed by atoms with Crippen molar-refractivity contribution in [3.8, 4) is 0 Å². The molecule has 0 radical (unpaired) electrons. The zero-order valence-corrected chi connectivity index (χ0v) is 7.73. The summed E-state index contributed by atoms with van der Waals surface area (Å²) in [6, 6.07) is 3.55. The van der Waals surface area contributed by atoms with Gasteiger partial charge in [0.05, 0.1) is 0 Å². The molecule has 0 aromatic carbocycles. The fraction of sp³-hybridized carbons (Fsp3) is 0.444. The van der Waals surface area contributed by atoms with Gasteiger partial charge in [-0.25, -0.2) is 0 Å². The number of aryl methyl sites for hydroxylation is 1. The van der Waals surface area contributed by atoms with Gasteiger partial charge in [0.2, 0.25) is 0 Å². The van der Waals surface area contributed by atoms with Gasteiger partial charge in [-0.15, -0.1) is 0 Å². The highest BCUT2D eigenvalue weighted by atomic mass is 35.5. The standard InChI is InChI=1S/C9H11ClO2/c1-7(11)3-2-4-8-5-6-9(10)12-8/h5-6H,2-4H2,1H3. The summed E-state index contributed by atoms with van der Waals surface area (Å²) in [5, 5.41) is 0.410. The lowest BCUT2D eigenvalue weighted by atomic mass is 10.1. The van der Waals surface area contributed by atoms with E-state index in [9.17, 15) is 4.79 Å². The highest BCUT2D eigenvalue weighted by Gasteiger charge is 2.00. The Morgan fingerprint density at radius 1 is 1.58 bits per heavy atom. The van der Waals surface area contributed by atoms with Gasteiger partial charge in [0.15, 0.2) is 5.22 Å². The number of carbonyl (C=O) groups is 1. The van der Waals surface area contributed by atoms with Crippen molar-refractivity contribution >= 4 is 17.4 Å². The van der Waals surface area contributed by atoms with Gasteiger partial charge in [-0.05, 0) is 37.1 Å². The van der Waals surface area contributed by atoms with Gasteiger partial charge in [-0.1, -0.05) is 0 Å². The van der Waals surface area contributed by atoms with Crippen molar-refractivity contribution in [1.29, 1.82) is 0 Å². The molecule has 2 nitrogen and oxygen atoms in total. The maximum atomic E-state index is 10.6. The molecule has 0 unspecified atom stereocenters. The molecule has 66 valence electrons. The van der Waals surface area contributed by atoms with E-state index >= 15 is 0 Å². The van der Waals surface area contributed by atoms with Crippen LogP contribution in [-0.4, -0.2) is 5.78 Å². The van der Waals surface area contributed by atoms with E-state index in [0.717, 1.165) is 18.6 Å². The Kier molecular flexibility index (Phi) is 3.35. The van der Waals surface area contributed by atoms with Crippen LogP contribution < -0.4 is 0 Å². The van der Waals surface area contributed by atoms with Gasteiger partial charge >= 0.3 is 0 Å². The molecule has 0 N–H and O–H groups in total. The fourth-order valence-electron chi connectivity index (χ4n) is 0.998. The van der Waals surface area contributed by atoms with Crippen LogP contribution >= 0.6 is 11.6 Å². The van der Waals surface area contributed by atoms with E-state index < -0.39 is 0 Å². The zero-order valence-electron chi connectivity index (χ0n) is 6.97. The Balaban J connectivity index is 2.29. The van der Waals surface area contributed by atoms with E-state index in [-0.39, 0.29) is 5.78 Å². The third-order valence-corrected chi connectivity index (χ3v) is 1.78. The van der Waals surface area contributed by atoms with Crippen LogP contribution in [-0.2, 0) is 11.2 Å². The van der Waals surface area contributed by atoms with Crippen LogP contribution in [0.4, 0.5) is 0 Å². The molecular weight excluding hydrogens is 176 g/mol. The predicted molar refractivity (Wildman–Crippen MR) is 47.3 cm³/mol. The molecule has 12 heavy (non-hydrogen) atoms. The van der Waals surface area contributed by atoms with Gasteiger partial charge in [-0.3, -0.25) is 0 Å². The highest BCUT2D eigenvalue weighted by molar-refractivity contribution is 6.28. The lowest BCUT2D eigenvalue weighted by molar-refractivity contribution is -0.117. The van der Waals surface area contributed by atoms with Crippen LogP contribution in [0.1, 0.15) is 25.5 Å². The Morgan fingerprint density at radius 2 is 2.33 bits per heavy atom. The second kappa shape index (κ2) is 4.31. The van der Waals surface area contributed by atoms with E-state index in [1.165, 1.54) is 0 Å². The lowest BCUT2D eigenvalue weighted by Gasteiger charge is -1.93. The summed E-state index contributed by atoms with van der Waals surface area (Å²) in [6.45, 7) is 1.59. The molecule has 0 atom stereocenters. The molecule has 3 heteroatoms. The van der Waals surface area contributed by atoms with E-state index in [1.807, 2.05) is 6.07 Å². The number of Topliss-reactive ketones (excluding diaryl/α,β-unsaturated/α-hetero) is 1. The summed E-state index contributed by atoms with van der Waals surface area (Å²) in [4.78, 5) is 10.6. The van der Waals surface area contributed by atoms with Crippen molar-refractivity contribution in [1.82, 2.24) is 0 Å². The van der Waals surface area contributed by atoms with E-state index in [0.29, 0.717) is 11.6 Å². The molecule has 0 amide bonds. The molecule has 1 aromatic rings. The topological polar surface area (TPSA) is 30.2 Å². The van der Waals surface area contributed by atoms with Gasteiger partial charge in [0.1, 0.15) is 11.5 Å². The van der Waals surface area contributed by atoms with E-state index in [4.69, 9.17) is 16.0 Å². The van der Waals surface area contributed by atoms with Crippen molar-refractivity contribution in [3.05, 3.63) is 23.1 Å². The first-order chi connectivity index (χ1) is 5.68. The maximum Gasteiger partial charge on any atom is 0.193 e. The Morgan fingerprint density at radius 3 is 2.83 bits per heavy atom. The molecule has 0 bridgehead atoms. The van der Waals surface area contributed by atoms with Crippen molar-refractivity contribution in [3.63, 3.8) is 0 Å². The van der Waals surface area contributed by atoms with Gasteiger partial charge in [0.25, 0.3) is 0 Å². The number of ketones is 1. The normalized spacial score (nSPS) is 10.2. The van der Waals surface area contributed by atoms with Crippen LogP contribution in [0.3, 0.4) is 0 Å². The molecule has 0 spiro atoms. The summed E-state index contributed by atoms with van der Waals surface area (Å²) in [6.07, 6.45) is 2.23. The largest absolute Gasteiger partial charge is 0.450 e. The summed E-state index contributed by atoms with van der Waals surface area (Å²) < 4.78 is 5.12. The summed E-state index contributed by atoms with van der Waals surface area (Å²) in [5.41, 5.74) is 0. The maximum absolute atomic E-state index is 10.6. The third kappa shape index (κ3) is 3.09. The molecule has 0 aliphatic rings. The van der Waals surface area contributed by atoms with Gasteiger partial charge < -0.3 is 9.21 Å². The fourth-order valence-corrected chi connectivity index (χ4v) is 1.16. The third-order valence-electron chi connectivity index (χ3n) is 1.58. The number of hydrogen-bond acceptors (Lipinski definition) is 2. The lowest BCUT2D eigenvalue weighted by Crippen LogP contribution is -1.91. The van der Waals surface area contributed by atoms with Crippen molar-refractivity contribution < 1.29 is 9.21 Å². The number of rotatable bonds is 4. The van der Waals surface area contributed by atoms with Gasteiger partial charge in [0, 0.05) is 12.8 Å². The average molecular weight is 187 g/mol. The average Bonchev–Trinajstić information content (AvgIpc) is 2.35. The smallest absolute Gasteiger partial charge is 0.193 e. The molecule has 0 aliphatic carbocycles. The molecule has 1 aromatic heterocycles. The van der Waals surface area contributed by atoms with Crippen LogP contribution in [0.2, 0.25) is 5.22 Å². The number of hydrogen-bond donors (Lipinski definition) is 0. The monoisotopic (exact) mass is 186 g/mol. The Hall–Kier alpha value is -0.760. The Labute approximate surface area is 76.5 Å². The van der Waals surface area contributed by atoms with Crippen LogP contribution in [0.5, 0.6) is 0 Å². The minimum atomic E-state index is 0.215. The predicted octanol–water partition coefficient (Wildman–Crippen LogP) is 2.84. The highest BCUT2D eigenvalue weighted by Crippen LogP contribution is 2.14. The molecule has 0 saturated carbocycles. The molecule has 1 rings (SSSR count). The first-order valence-corrected chi connectivity index (χ1v) is 4.30. The SMILES string of the molecule is CC(=O)CCCc1ccc(Cl)o1. The number of carbonyl (C=O) groups excluding carboxylic acids is 1. The van der Waals surface area contributed by atoms with Gasteiger partial charge in [-0.2, -0.15) is 0 Å². The molecule has 1 heterocycles. The van der Waals surface area contributed by atoms with Crippen LogP contribution in [0, 0.1) is 0 Å². The van der Waals surface area contributed by atoms with Crippen LogP contribution in [0.15, 0.2) is 16.5 Å². The number of halogens is 1. The number of furan rings is 1. The molecule has 0 aliphatic heterocycles. The van der Waals surface area contributed by atoms with Crippen molar-refractivity contribution in [2.45, 2.75) is 26.2 Å². The van der Waals surface area contributed by atoms with Crippen molar-refractivity contribution in [2.24, 2.45) is 0 Å². The quantitative estimate of drug-likeness (QED) is 0.724. The zero-order chi connectivity index (χ0) is 8.97. The molecule has 0 fully saturated rings. The first-order valence-electron chi connectivity index (χ1n) is 3.92. The minimum absolute atomic E-state index is 0.215. The first kappa shape index (κ1) is 9.33. The summed E-state index contributed by atoms with van der Waals surface area (Å²) >= 11 is 5.57. The Bertz CT molecular complexity index is 265. The second-order valence-electron chi connectivity index (χ2n) is 2.76. The second-order valence-corrected chi connectivity index (χ2v) is 3.13. The summed E-state index contributed by atoms with van der Waals surface area (Å²) in [5.74, 6) is 1.06. The minimum Gasteiger partial charge on any atom is -0.450 e. The van der Waals surface area contributed by atoms with Crippen LogP contribution in [0.25, 0.3) is 0 Å². The molecular formula is C9H11ClO2. The van der Waals surface area contributed by atoms with E-state index in [2.05, 4.69) is 0 Å².